The van der Waals surface area contributed by atoms with E-state index in [9.17, 15) is 0 Å². The molecule has 0 aliphatic heterocycles. The van der Waals surface area contributed by atoms with Crippen LogP contribution in [0.5, 0.6) is 0 Å². The highest BCUT2D eigenvalue weighted by Gasteiger charge is 2.27. The first kappa shape index (κ1) is 29.5. The third-order valence-electron chi connectivity index (χ3n) is 13.4. The molecule has 58 heavy (non-hydrogen) atoms. The molecule has 6 aromatic heterocycles. The molecule has 0 bridgehead atoms. The Labute approximate surface area is 329 Å². The third-order valence-corrected chi connectivity index (χ3v) is 13.4. The van der Waals surface area contributed by atoms with Crippen molar-refractivity contribution in [2.45, 2.75) is 0 Å². The van der Waals surface area contributed by atoms with E-state index in [1.165, 1.54) is 131 Å². The van der Waals surface area contributed by atoms with Gasteiger partial charge in [-0.15, -0.1) is 0 Å². The average Bonchev–Trinajstić information content (AvgIpc) is 4.11. The summed E-state index contributed by atoms with van der Waals surface area (Å²) in [4.78, 5) is 0. The van der Waals surface area contributed by atoms with Gasteiger partial charge in [-0.05, 0) is 72.8 Å². The number of nitrogens with zero attached hydrogens (tertiary/aromatic N) is 4. The van der Waals surface area contributed by atoms with Gasteiger partial charge >= 0.3 is 0 Å². The van der Waals surface area contributed by atoms with Crippen LogP contribution in [0.1, 0.15) is 0 Å². The number of hydrogen-bond donors (Lipinski definition) is 0. The van der Waals surface area contributed by atoms with E-state index < -0.39 is 0 Å². The van der Waals surface area contributed by atoms with Crippen molar-refractivity contribution in [3.05, 3.63) is 182 Å². The molecule has 6 heterocycles. The molecule has 266 valence electrons. The van der Waals surface area contributed by atoms with E-state index in [0.29, 0.717) is 0 Å². The van der Waals surface area contributed by atoms with Gasteiger partial charge < -0.3 is 17.9 Å². The Morgan fingerprint density at radius 2 is 0.690 bits per heavy atom. The van der Waals surface area contributed by atoms with Crippen LogP contribution in [-0.2, 0) is 0 Å². The molecule has 9 aromatic carbocycles. The molecule has 0 aliphatic carbocycles. The Bertz CT molecular complexity index is 4230. The normalized spacial score (nSPS) is 12.8. The maximum Gasteiger partial charge on any atom is 0.0628 e. The van der Waals surface area contributed by atoms with Crippen LogP contribution in [-0.4, -0.2) is 17.9 Å². The Kier molecular flexibility index (Phi) is 5.14. The Balaban J connectivity index is 1.22. The fourth-order valence-corrected chi connectivity index (χ4v) is 11.2. The van der Waals surface area contributed by atoms with Gasteiger partial charge in [0.15, 0.2) is 0 Å². The summed E-state index contributed by atoms with van der Waals surface area (Å²) in [6, 6.07) is 67.7. The second-order valence-electron chi connectivity index (χ2n) is 16.1. The molecule has 15 rings (SSSR count). The quantitative estimate of drug-likeness (QED) is 0.168. The minimum Gasteiger partial charge on any atom is -0.309 e. The topological polar surface area (TPSA) is 18.7 Å². The van der Waals surface area contributed by atoms with E-state index in [0.717, 1.165) is 0 Å². The molecule has 4 heteroatoms. The monoisotopic (exact) mass is 734 g/mol. The van der Waals surface area contributed by atoms with Gasteiger partial charge in [0.25, 0.3) is 0 Å². The summed E-state index contributed by atoms with van der Waals surface area (Å²) in [5, 5.41) is 15.5. The van der Waals surface area contributed by atoms with Crippen LogP contribution < -0.4 is 0 Å². The molecule has 0 N–H and O–H groups in total. The van der Waals surface area contributed by atoms with Crippen LogP contribution in [0.4, 0.5) is 0 Å². The molecule has 15 aromatic rings. The summed E-state index contributed by atoms with van der Waals surface area (Å²) < 4.78 is 10.0. The first-order chi connectivity index (χ1) is 28.8. The van der Waals surface area contributed by atoms with Crippen molar-refractivity contribution in [1.82, 2.24) is 17.9 Å². The van der Waals surface area contributed by atoms with E-state index >= 15 is 0 Å². The van der Waals surface area contributed by atoms with Crippen LogP contribution in [0.2, 0.25) is 0 Å². The molecule has 4 nitrogen and oxygen atoms in total. The standard InChI is InChI=1S/C54H30N4/c1-3-14-31(15-4-1)55-43-23-10-8-19-34(43)39-27-47-40(28-46(39)55)41-29-50-51(37-20-9-12-25-45(37)56(50)32-16-5-2-6-17-32)52-42-26-38-36-22-13-21-35-33-18-7-11-24-44(33)57(53(35)36)48(38)30-49(42)58(47)54(41)52/h1-30H. The van der Waals surface area contributed by atoms with Gasteiger partial charge in [-0.2, -0.15) is 0 Å². The van der Waals surface area contributed by atoms with Gasteiger partial charge in [0.05, 0.1) is 55.2 Å². The molecule has 0 fully saturated rings. The summed E-state index contributed by atoms with van der Waals surface area (Å²) >= 11 is 0. The van der Waals surface area contributed by atoms with Gasteiger partial charge in [-0.25, -0.2) is 0 Å². The highest BCUT2D eigenvalue weighted by atomic mass is 15.0. The lowest BCUT2D eigenvalue weighted by Crippen LogP contribution is -1.93. The zero-order valence-corrected chi connectivity index (χ0v) is 31.1. The maximum atomic E-state index is 2.60. The number of hydrogen-bond acceptors (Lipinski definition) is 0. The lowest BCUT2D eigenvalue weighted by atomic mass is 10.00. The van der Waals surface area contributed by atoms with Crippen molar-refractivity contribution in [3.63, 3.8) is 0 Å². The fourth-order valence-electron chi connectivity index (χ4n) is 11.2. The molecule has 0 saturated carbocycles. The average molecular weight is 735 g/mol. The number of rotatable bonds is 2. The van der Waals surface area contributed by atoms with Gasteiger partial charge in [-0.3, -0.25) is 0 Å². The first-order valence-electron chi connectivity index (χ1n) is 20.1. The van der Waals surface area contributed by atoms with E-state index in [1.54, 1.807) is 0 Å². The third kappa shape index (κ3) is 3.34. The molecule has 0 saturated heterocycles. The predicted molar refractivity (Wildman–Crippen MR) is 244 cm³/mol. The zero-order chi connectivity index (χ0) is 37.4. The maximum absolute atomic E-state index is 2.60. The van der Waals surface area contributed by atoms with Crippen LogP contribution >= 0.6 is 0 Å². The molecular weight excluding hydrogens is 705 g/mol. The van der Waals surface area contributed by atoms with Crippen LogP contribution in [0.25, 0.3) is 131 Å². The number of benzene rings is 9. The number of para-hydroxylation sites is 6. The minimum atomic E-state index is 1.17. The van der Waals surface area contributed by atoms with E-state index in [2.05, 4.69) is 200 Å². The first-order valence-corrected chi connectivity index (χ1v) is 20.1. The predicted octanol–water partition coefficient (Wildman–Crippen LogP) is 14.2. The van der Waals surface area contributed by atoms with Crippen molar-refractivity contribution in [2.24, 2.45) is 0 Å². The highest BCUT2D eigenvalue weighted by Crippen LogP contribution is 2.50. The van der Waals surface area contributed by atoms with Crippen molar-refractivity contribution in [3.8, 4) is 11.4 Å². The Morgan fingerprint density at radius 3 is 1.43 bits per heavy atom. The number of fused-ring (bicyclic) bond motifs is 19. The van der Waals surface area contributed by atoms with Crippen molar-refractivity contribution in [2.75, 3.05) is 0 Å². The smallest absolute Gasteiger partial charge is 0.0628 e. The molecule has 0 unspecified atom stereocenters. The van der Waals surface area contributed by atoms with Crippen LogP contribution in [0.15, 0.2) is 182 Å². The molecule has 0 amide bonds. The van der Waals surface area contributed by atoms with Gasteiger partial charge in [0, 0.05) is 76.0 Å². The molecule has 0 atom stereocenters. The minimum absolute atomic E-state index is 1.17. The van der Waals surface area contributed by atoms with Gasteiger partial charge in [0.2, 0.25) is 0 Å². The molecular formula is C54H30N4. The van der Waals surface area contributed by atoms with Gasteiger partial charge in [-0.1, -0.05) is 109 Å². The van der Waals surface area contributed by atoms with Crippen LogP contribution in [0.3, 0.4) is 0 Å². The Morgan fingerprint density at radius 1 is 0.224 bits per heavy atom. The summed E-state index contributed by atoms with van der Waals surface area (Å²) in [7, 11) is 0. The van der Waals surface area contributed by atoms with Crippen LogP contribution in [0, 0.1) is 0 Å². The lowest BCUT2D eigenvalue weighted by Gasteiger charge is -2.09. The largest absolute Gasteiger partial charge is 0.309 e. The van der Waals surface area contributed by atoms with E-state index in [1.807, 2.05) is 0 Å². The molecule has 0 spiro atoms. The molecule has 0 aliphatic rings. The van der Waals surface area contributed by atoms with Crippen molar-refractivity contribution < 1.29 is 0 Å². The Hall–Kier alpha value is -7.82. The van der Waals surface area contributed by atoms with Gasteiger partial charge in [0.1, 0.15) is 0 Å². The summed E-state index contributed by atoms with van der Waals surface area (Å²) in [5.41, 5.74) is 14.8. The van der Waals surface area contributed by atoms with E-state index in [4.69, 9.17) is 0 Å². The molecule has 0 radical (unpaired) electrons. The number of aromatic nitrogens is 4. The second-order valence-corrected chi connectivity index (χ2v) is 16.1. The fraction of sp³-hybridized carbons (Fsp3) is 0. The summed E-state index contributed by atoms with van der Waals surface area (Å²) in [6.07, 6.45) is 0. The summed E-state index contributed by atoms with van der Waals surface area (Å²) in [6.45, 7) is 0. The lowest BCUT2D eigenvalue weighted by molar-refractivity contribution is 1.18. The van der Waals surface area contributed by atoms with Crippen molar-refractivity contribution in [1.29, 1.82) is 0 Å². The highest BCUT2D eigenvalue weighted by molar-refractivity contribution is 6.38. The summed E-state index contributed by atoms with van der Waals surface area (Å²) in [5.74, 6) is 0. The SMILES string of the molecule is c1ccc(-n2c3ccccc3c3cc4c(cc32)c2cc3c(c5ccccc5n3-c3ccccc3)c3c5cc6c7cccc8c9ccccc9n(c6cc5n4c23)c87)cc1. The zero-order valence-electron chi connectivity index (χ0n) is 31.1. The van der Waals surface area contributed by atoms with E-state index in [-0.39, 0.29) is 0 Å². The second kappa shape index (κ2) is 10.1. The van der Waals surface area contributed by atoms with Crippen molar-refractivity contribution >= 4 is 120 Å².